The molecule has 1 atom stereocenters. The van der Waals surface area contributed by atoms with Crippen molar-refractivity contribution in [1.29, 1.82) is 0 Å². The Morgan fingerprint density at radius 3 is 3.00 bits per heavy atom. The Balaban J connectivity index is 1.43. The lowest BCUT2D eigenvalue weighted by Gasteiger charge is -2.22. The monoisotopic (exact) mass is 429 g/mol. The molecule has 1 fully saturated rings. The number of aliphatic hydroxyl groups is 1. The molecule has 0 aromatic carbocycles. The number of hydrogen-bond donors (Lipinski definition) is 1. The van der Waals surface area contributed by atoms with E-state index in [0.717, 1.165) is 24.1 Å². The topological polar surface area (TPSA) is 92.8 Å². The van der Waals surface area contributed by atoms with Gasteiger partial charge in [-0.1, -0.05) is 11.6 Å². The molecule has 0 bridgehead atoms. The van der Waals surface area contributed by atoms with Crippen LogP contribution in [0.4, 0.5) is 0 Å². The molecule has 2 aromatic heterocycles. The van der Waals surface area contributed by atoms with Crippen molar-refractivity contribution < 1.29 is 14.6 Å². The van der Waals surface area contributed by atoms with Crippen LogP contribution in [0.2, 0.25) is 0 Å². The van der Waals surface area contributed by atoms with Crippen LogP contribution in [0.15, 0.2) is 46.4 Å². The number of allylic oxidation sites excluding steroid dienone is 1. The van der Waals surface area contributed by atoms with Crippen LogP contribution in [0.1, 0.15) is 20.3 Å². The zero-order chi connectivity index (χ0) is 21.3. The molecular formula is C21H24ClN5O3. The molecule has 1 N–H and O–H groups in total. The molecule has 0 amide bonds. The molecule has 8 nitrogen and oxygen atoms in total. The van der Waals surface area contributed by atoms with Crippen molar-refractivity contribution in [2.45, 2.75) is 38.5 Å². The van der Waals surface area contributed by atoms with Gasteiger partial charge in [0.05, 0.1) is 30.6 Å². The lowest BCUT2D eigenvalue weighted by Crippen LogP contribution is -2.28. The Morgan fingerprint density at radius 1 is 1.37 bits per heavy atom. The van der Waals surface area contributed by atoms with E-state index in [0.29, 0.717) is 24.7 Å². The molecule has 4 rings (SSSR count). The summed E-state index contributed by atoms with van der Waals surface area (Å²) in [5.74, 6) is 0.376. The van der Waals surface area contributed by atoms with Gasteiger partial charge in [0.1, 0.15) is 17.7 Å². The third-order valence-corrected chi connectivity index (χ3v) is 5.35. The number of carbonyl (C=O) groups is 1. The van der Waals surface area contributed by atoms with Gasteiger partial charge in [-0.15, -0.1) is 0 Å². The number of ether oxygens (including phenoxy) is 1. The third kappa shape index (κ3) is 4.71. The van der Waals surface area contributed by atoms with E-state index < -0.39 is 5.60 Å². The van der Waals surface area contributed by atoms with Crippen molar-refractivity contribution in [3.63, 3.8) is 0 Å². The second kappa shape index (κ2) is 8.20. The molecule has 0 radical (unpaired) electrons. The van der Waals surface area contributed by atoms with E-state index in [-0.39, 0.29) is 23.5 Å². The number of carbonyl (C=O) groups excluding carboxylic acids is 1. The Bertz CT molecular complexity index is 1010. The van der Waals surface area contributed by atoms with E-state index in [2.05, 4.69) is 15.1 Å². The van der Waals surface area contributed by atoms with Gasteiger partial charge in [-0.05, 0) is 25.5 Å². The van der Waals surface area contributed by atoms with Crippen LogP contribution in [0, 0.1) is 0 Å². The Morgan fingerprint density at radius 2 is 2.20 bits per heavy atom. The lowest BCUT2D eigenvalue weighted by molar-refractivity contribution is -0.113. The number of dihydropyridines is 1. The highest BCUT2D eigenvalue weighted by molar-refractivity contribution is 6.44. The molecule has 0 spiro atoms. The van der Waals surface area contributed by atoms with E-state index in [9.17, 15) is 9.90 Å². The predicted octanol–water partition coefficient (Wildman–Crippen LogP) is 2.27. The summed E-state index contributed by atoms with van der Waals surface area (Å²) in [6, 6.07) is 3.78. The quantitative estimate of drug-likeness (QED) is 0.757. The highest BCUT2D eigenvalue weighted by Gasteiger charge is 2.29. The van der Waals surface area contributed by atoms with Gasteiger partial charge in [-0.2, -0.15) is 5.10 Å². The van der Waals surface area contributed by atoms with Crippen LogP contribution in [0.25, 0.3) is 11.1 Å². The van der Waals surface area contributed by atoms with Gasteiger partial charge in [0.15, 0.2) is 5.78 Å². The number of aromatic nitrogens is 3. The van der Waals surface area contributed by atoms with Crippen molar-refractivity contribution >= 4 is 23.6 Å². The second-order valence-corrected chi connectivity index (χ2v) is 8.57. The molecule has 2 aliphatic heterocycles. The second-order valence-electron chi connectivity index (χ2n) is 8.19. The summed E-state index contributed by atoms with van der Waals surface area (Å²) in [5.41, 5.74) is 1.69. The summed E-state index contributed by atoms with van der Waals surface area (Å²) < 4.78 is 7.81. The number of hydrogen-bond acceptors (Lipinski definition) is 7. The van der Waals surface area contributed by atoms with Gasteiger partial charge in [-0.25, -0.2) is 4.98 Å². The molecule has 30 heavy (non-hydrogen) atoms. The molecule has 9 heteroatoms. The van der Waals surface area contributed by atoms with Crippen molar-refractivity contribution in [3.8, 4) is 17.0 Å². The number of rotatable bonds is 6. The van der Waals surface area contributed by atoms with Gasteiger partial charge in [0.25, 0.3) is 0 Å². The number of nitrogens with zero attached hydrogens (tertiary/aromatic N) is 5. The highest BCUT2D eigenvalue weighted by Crippen LogP contribution is 2.26. The number of pyridine rings is 1. The largest absolute Gasteiger partial charge is 0.472 e. The van der Waals surface area contributed by atoms with Crippen molar-refractivity contribution in [2.24, 2.45) is 4.99 Å². The van der Waals surface area contributed by atoms with Crippen LogP contribution in [-0.4, -0.2) is 68.1 Å². The lowest BCUT2D eigenvalue weighted by atomic mass is 10.1. The first-order valence-corrected chi connectivity index (χ1v) is 10.2. The standard InChI is InChI=1S/C21H24ClN5O3/c1-21(2,29)13-27-11-15(8-25-27)14-3-5-24-19(7-14)30-16-4-6-26(12-16)17-9-23-10-18(28)20(17)22/h3,5,7-9,11,16,29H,4,6,10,12-13H2,1-2H3/t16-/m1/s1. The first kappa shape index (κ1) is 20.6. The zero-order valence-corrected chi connectivity index (χ0v) is 17.7. The first-order chi connectivity index (χ1) is 14.3. The van der Waals surface area contributed by atoms with Gasteiger partial charge in [-0.3, -0.25) is 14.5 Å². The molecular weight excluding hydrogens is 406 g/mol. The fourth-order valence-corrected chi connectivity index (χ4v) is 3.80. The molecule has 0 saturated carbocycles. The minimum atomic E-state index is -0.837. The fourth-order valence-electron chi connectivity index (χ4n) is 3.57. The minimum Gasteiger partial charge on any atom is -0.472 e. The maximum Gasteiger partial charge on any atom is 0.214 e. The van der Waals surface area contributed by atoms with Crippen LogP contribution in [0.3, 0.4) is 0 Å². The molecule has 0 aliphatic carbocycles. The van der Waals surface area contributed by atoms with Gasteiger partial charge < -0.3 is 14.7 Å². The fraction of sp³-hybridized carbons (Fsp3) is 0.429. The number of halogens is 1. The number of aliphatic imine (C=N–C) groups is 1. The summed E-state index contributed by atoms with van der Waals surface area (Å²) in [7, 11) is 0. The summed E-state index contributed by atoms with van der Waals surface area (Å²) >= 11 is 6.17. The van der Waals surface area contributed by atoms with E-state index in [1.165, 1.54) is 0 Å². The molecule has 2 aromatic rings. The Labute approximate surface area is 179 Å². The van der Waals surface area contributed by atoms with Crippen molar-refractivity contribution in [1.82, 2.24) is 19.7 Å². The summed E-state index contributed by atoms with van der Waals surface area (Å²) in [6.45, 7) is 5.35. The molecule has 0 unspecified atom stereocenters. The maximum atomic E-state index is 11.8. The molecule has 158 valence electrons. The average molecular weight is 430 g/mol. The number of likely N-dealkylation sites (tertiary alicyclic amines) is 1. The average Bonchev–Trinajstić information content (AvgIpc) is 3.33. The van der Waals surface area contributed by atoms with Gasteiger partial charge in [0.2, 0.25) is 5.88 Å². The maximum absolute atomic E-state index is 11.8. The van der Waals surface area contributed by atoms with Crippen molar-refractivity contribution in [3.05, 3.63) is 41.5 Å². The highest BCUT2D eigenvalue weighted by atomic mass is 35.5. The van der Waals surface area contributed by atoms with E-state index in [1.807, 2.05) is 23.2 Å². The third-order valence-electron chi connectivity index (χ3n) is 4.94. The summed E-state index contributed by atoms with van der Waals surface area (Å²) in [5, 5.41) is 14.5. The van der Waals surface area contributed by atoms with Crippen LogP contribution < -0.4 is 4.74 Å². The Hall–Kier alpha value is -2.71. The summed E-state index contributed by atoms with van der Waals surface area (Å²) in [6.07, 6.45) is 7.75. The zero-order valence-electron chi connectivity index (χ0n) is 17.0. The SMILES string of the molecule is CC(C)(O)Cn1cc(-c2ccnc(O[C@@H]3CCN(C4=C(Cl)C(=O)CN=C4)C3)c2)cn1. The minimum absolute atomic E-state index is 0.0620. The van der Waals surface area contributed by atoms with E-state index >= 15 is 0 Å². The van der Waals surface area contributed by atoms with Gasteiger partial charge >= 0.3 is 0 Å². The predicted molar refractivity (Wildman–Crippen MR) is 114 cm³/mol. The molecule has 1 saturated heterocycles. The number of ketones is 1. The first-order valence-electron chi connectivity index (χ1n) is 9.84. The summed E-state index contributed by atoms with van der Waals surface area (Å²) in [4.78, 5) is 22.2. The van der Waals surface area contributed by atoms with Gasteiger partial charge in [0, 0.05) is 43.2 Å². The number of Topliss-reactive ketones (excluding diaryl/α,β-unsaturated/α-hetero) is 1. The van der Waals surface area contributed by atoms with E-state index in [1.54, 1.807) is 37.1 Å². The van der Waals surface area contributed by atoms with E-state index in [4.69, 9.17) is 16.3 Å². The smallest absolute Gasteiger partial charge is 0.214 e. The van der Waals surface area contributed by atoms with Crippen LogP contribution >= 0.6 is 11.6 Å². The molecule has 2 aliphatic rings. The normalized spacial score (nSPS) is 19.7. The van der Waals surface area contributed by atoms with Crippen molar-refractivity contribution in [2.75, 3.05) is 19.6 Å². The van der Waals surface area contributed by atoms with Crippen LogP contribution in [0.5, 0.6) is 5.88 Å². The Kier molecular flexibility index (Phi) is 5.62. The molecule has 4 heterocycles. The van der Waals surface area contributed by atoms with Crippen LogP contribution in [-0.2, 0) is 11.3 Å².